The molecular formula is C24H24ClFN4O3. The molecule has 33 heavy (non-hydrogen) atoms. The number of nitrogens with one attached hydrogen (secondary N) is 1. The molecule has 4 rings (SSSR count). The summed E-state index contributed by atoms with van der Waals surface area (Å²) in [4.78, 5) is 6.75. The van der Waals surface area contributed by atoms with Gasteiger partial charge >= 0.3 is 0 Å². The zero-order valence-electron chi connectivity index (χ0n) is 18.2. The van der Waals surface area contributed by atoms with Crippen LogP contribution in [0.2, 0.25) is 5.02 Å². The number of piperidine rings is 1. The molecule has 2 aromatic carbocycles. The van der Waals surface area contributed by atoms with E-state index in [2.05, 4.69) is 21.3 Å². The third kappa shape index (κ3) is 5.05. The quantitative estimate of drug-likeness (QED) is 0.489. The number of nitriles is 1. The summed E-state index contributed by atoms with van der Waals surface area (Å²) in [7, 11) is 1.53. The van der Waals surface area contributed by atoms with Gasteiger partial charge in [0.2, 0.25) is 0 Å². The smallest absolute Gasteiger partial charge is 0.163 e. The van der Waals surface area contributed by atoms with E-state index in [0.29, 0.717) is 34.7 Å². The molecule has 1 aromatic heterocycles. The van der Waals surface area contributed by atoms with Crippen molar-refractivity contribution in [2.24, 2.45) is 0 Å². The Bertz CT molecular complexity index is 1210. The molecule has 2 N–H and O–H groups in total. The fourth-order valence-corrected chi connectivity index (χ4v) is 4.08. The van der Waals surface area contributed by atoms with Crippen molar-refractivity contribution in [1.82, 2.24) is 9.88 Å². The van der Waals surface area contributed by atoms with Crippen molar-refractivity contribution in [3.63, 3.8) is 0 Å². The predicted molar refractivity (Wildman–Crippen MR) is 125 cm³/mol. The molecule has 2 heterocycles. The number of fused-ring (bicyclic) bond motifs is 1. The van der Waals surface area contributed by atoms with Crippen molar-refractivity contribution in [2.45, 2.75) is 19.3 Å². The van der Waals surface area contributed by atoms with E-state index < -0.39 is 5.82 Å². The fraction of sp³-hybridized carbons (Fsp3) is 0.333. The van der Waals surface area contributed by atoms with Crippen LogP contribution in [0.3, 0.4) is 0 Å². The van der Waals surface area contributed by atoms with Crippen LogP contribution in [0.4, 0.5) is 15.8 Å². The first-order chi connectivity index (χ1) is 16.0. The molecule has 1 aliphatic rings. The van der Waals surface area contributed by atoms with Crippen LogP contribution < -0.4 is 14.8 Å². The second-order valence-corrected chi connectivity index (χ2v) is 8.25. The minimum Gasteiger partial charge on any atom is -0.506 e. The van der Waals surface area contributed by atoms with Gasteiger partial charge in [0.05, 0.1) is 34.6 Å². The monoisotopic (exact) mass is 470 g/mol. The number of hydrogen-bond donors (Lipinski definition) is 2. The summed E-state index contributed by atoms with van der Waals surface area (Å²) >= 11 is 5.78. The number of benzene rings is 2. The highest BCUT2D eigenvalue weighted by atomic mass is 35.5. The zero-order valence-corrected chi connectivity index (χ0v) is 19.0. The molecule has 0 aliphatic carbocycles. The van der Waals surface area contributed by atoms with Crippen LogP contribution in [0.15, 0.2) is 30.5 Å². The third-order valence-electron chi connectivity index (χ3n) is 5.68. The van der Waals surface area contributed by atoms with Gasteiger partial charge < -0.3 is 19.9 Å². The number of methoxy groups -OCH3 is 1. The van der Waals surface area contributed by atoms with Crippen molar-refractivity contribution in [3.05, 3.63) is 46.9 Å². The summed E-state index contributed by atoms with van der Waals surface area (Å²) in [6, 6.07) is 7.68. The maximum atomic E-state index is 14.4. The molecule has 1 fully saturated rings. The molecule has 1 saturated heterocycles. The van der Waals surface area contributed by atoms with Crippen LogP contribution in [0.1, 0.15) is 24.8 Å². The van der Waals surface area contributed by atoms with E-state index in [9.17, 15) is 14.8 Å². The van der Waals surface area contributed by atoms with E-state index >= 15 is 0 Å². The average Bonchev–Trinajstić information content (AvgIpc) is 2.83. The standard InChI is InChI=1S/C24H24ClFN4O3/c1-32-22-9-16-19(12-23(22)33-8-7-30-5-3-2-4-6-30)28-14-15(13-27)24(16)29-20-11-21(31)17(25)10-18(20)26/h9-12,14,31H,2-8H2,1H3,(H,28,29). The number of aromatic hydroxyl groups is 1. The van der Waals surface area contributed by atoms with Crippen LogP contribution in [0, 0.1) is 17.1 Å². The molecule has 9 heteroatoms. The lowest BCUT2D eigenvalue weighted by Gasteiger charge is -2.26. The maximum Gasteiger partial charge on any atom is 0.163 e. The van der Waals surface area contributed by atoms with Gasteiger partial charge in [-0.3, -0.25) is 9.88 Å². The van der Waals surface area contributed by atoms with Crippen molar-refractivity contribution in [2.75, 3.05) is 38.7 Å². The molecular weight excluding hydrogens is 447 g/mol. The number of anilines is 2. The van der Waals surface area contributed by atoms with Crippen LogP contribution in [0.25, 0.3) is 10.9 Å². The Balaban J connectivity index is 1.66. The van der Waals surface area contributed by atoms with Crippen LogP contribution in [-0.4, -0.2) is 48.3 Å². The number of hydrogen-bond acceptors (Lipinski definition) is 7. The summed E-state index contributed by atoms with van der Waals surface area (Å²) < 4.78 is 26.0. The lowest BCUT2D eigenvalue weighted by molar-refractivity contribution is 0.181. The summed E-state index contributed by atoms with van der Waals surface area (Å²) in [6.07, 6.45) is 5.11. The summed E-state index contributed by atoms with van der Waals surface area (Å²) in [6.45, 7) is 3.51. The fourth-order valence-electron chi connectivity index (χ4n) is 3.93. The van der Waals surface area contributed by atoms with Crippen LogP contribution in [0.5, 0.6) is 17.2 Å². The number of aromatic nitrogens is 1. The summed E-state index contributed by atoms with van der Waals surface area (Å²) in [5.74, 6) is 0.0664. The maximum absolute atomic E-state index is 14.4. The van der Waals surface area contributed by atoms with Crippen molar-refractivity contribution >= 4 is 33.9 Å². The highest BCUT2D eigenvalue weighted by Crippen LogP contribution is 2.38. The Kier molecular flexibility index (Phi) is 7.02. The topological polar surface area (TPSA) is 90.6 Å². The van der Waals surface area contributed by atoms with Gasteiger partial charge in [0, 0.05) is 30.3 Å². The molecule has 172 valence electrons. The van der Waals surface area contributed by atoms with Gasteiger partial charge in [-0.05, 0) is 38.1 Å². The van der Waals surface area contributed by atoms with E-state index in [0.717, 1.165) is 25.7 Å². The summed E-state index contributed by atoms with van der Waals surface area (Å²) in [5, 5.41) is 22.8. The molecule has 0 unspecified atom stereocenters. The van der Waals surface area contributed by atoms with E-state index in [1.807, 2.05) is 0 Å². The number of nitrogens with zero attached hydrogens (tertiary/aromatic N) is 3. The molecule has 3 aromatic rings. The average molecular weight is 471 g/mol. The van der Waals surface area contributed by atoms with Gasteiger partial charge in [-0.2, -0.15) is 5.26 Å². The Hall–Kier alpha value is -3.28. The van der Waals surface area contributed by atoms with E-state index in [4.69, 9.17) is 21.1 Å². The molecule has 7 nitrogen and oxygen atoms in total. The van der Waals surface area contributed by atoms with Crippen LogP contribution in [-0.2, 0) is 0 Å². The number of ether oxygens (including phenoxy) is 2. The lowest BCUT2D eigenvalue weighted by atomic mass is 10.1. The first-order valence-electron chi connectivity index (χ1n) is 10.7. The molecule has 1 aliphatic heterocycles. The number of likely N-dealkylation sites (tertiary alicyclic amines) is 1. The number of halogens is 2. The van der Waals surface area contributed by atoms with Gasteiger partial charge in [0.15, 0.2) is 11.5 Å². The Morgan fingerprint density at radius 3 is 2.73 bits per heavy atom. The van der Waals surface area contributed by atoms with Crippen molar-refractivity contribution < 1.29 is 19.0 Å². The Morgan fingerprint density at radius 1 is 1.21 bits per heavy atom. The number of phenolic OH excluding ortho intramolecular Hbond substituents is 1. The normalized spacial score (nSPS) is 14.1. The molecule has 0 bridgehead atoms. The summed E-state index contributed by atoms with van der Waals surface area (Å²) in [5.41, 5.74) is 1.06. The largest absolute Gasteiger partial charge is 0.506 e. The first-order valence-corrected chi connectivity index (χ1v) is 11.1. The Morgan fingerprint density at radius 2 is 2.00 bits per heavy atom. The zero-order chi connectivity index (χ0) is 23.4. The van der Waals surface area contributed by atoms with Crippen LogP contribution >= 0.6 is 11.6 Å². The molecule has 0 radical (unpaired) electrons. The Labute approximate surface area is 196 Å². The molecule has 0 amide bonds. The second kappa shape index (κ2) is 10.1. The SMILES string of the molecule is COc1cc2c(Nc3cc(O)c(Cl)cc3F)c(C#N)cnc2cc1OCCN1CCCCC1. The first kappa shape index (κ1) is 22.9. The minimum absolute atomic E-state index is 0.0262. The highest BCUT2D eigenvalue weighted by Gasteiger charge is 2.17. The lowest BCUT2D eigenvalue weighted by Crippen LogP contribution is -2.33. The van der Waals surface area contributed by atoms with Gasteiger partial charge in [0.25, 0.3) is 0 Å². The van der Waals surface area contributed by atoms with Crippen molar-refractivity contribution in [1.29, 1.82) is 5.26 Å². The van der Waals surface area contributed by atoms with Gasteiger partial charge in [-0.15, -0.1) is 0 Å². The second-order valence-electron chi connectivity index (χ2n) is 7.84. The highest BCUT2D eigenvalue weighted by molar-refractivity contribution is 6.32. The number of phenols is 1. The van der Waals surface area contributed by atoms with E-state index in [-0.39, 0.29) is 22.0 Å². The third-order valence-corrected chi connectivity index (χ3v) is 5.99. The molecule has 0 atom stereocenters. The molecule has 0 saturated carbocycles. The predicted octanol–water partition coefficient (Wildman–Crippen LogP) is 5.22. The van der Waals surface area contributed by atoms with Gasteiger partial charge in [-0.25, -0.2) is 4.39 Å². The van der Waals surface area contributed by atoms with E-state index in [1.165, 1.54) is 38.6 Å². The van der Waals surface area contributed by atoms with Crippen molar-refractivity contribution in [3.8, 4) is 23.3 Å². The minimum atomic E-state index is -0.670. The molecule has 0 spiro atoms. The van der Waals surface area contributed by atoms with Gasteiger partial charge in [-0.1, -0.05) is 18.0 Å². The van der Waals surface area contributed by atoms with Gasteiger partial charge in [0.1, 0.15) is 24.2 Å². The number of rotatable bonds is 7. The number of pyridine rings is 1. The van der Waals surface area contributed by atoms with E-state index in [1.54, 1.807) is 12.1 Å².